The molecule has 1 aliphatic heterocycles. The van der Waals surface area contributed by atoms with E-state index in [1.54, 1.807) is 29.2 Å². The SMILES string of the molecule is CC(C)(C)C1CCC2(CC1)N=C(c1cccc(C(F)(F)F)c1)C(=O)N2CCc1ccc(C(=O)OCCC(=O)O)cc1. The topological polar surface area (TPSA) is 96.3 Å². The zero-order valence-electron chi connectivity index (χ0n) is 23.5. The van der Waals surface area contributed by atoms with Crippen LogP contribution in [0.2, 0.25) is 0 Å². The quantitative estimate of drug-likeness (QED) is 0.383. The van der Waals surface area contributed by atoms with Crippen LogP contribution in [-0.2, 0) is 26.9 Å². The molecular weight excluding hydrogens is 537 g/mol. The lowest BCUT2D eigenvalue weighted by atomic mass is 9.69. The minimum atomic E-state index is -4.53. The molecule has 220 valence electrons. The number of halogens is 3. The molecule has 2 aliphatic rings. The van der Waals surface area contributed by atoms with Crippen LogP contribution in [0.5, 0.6) is 0 Å². The van der Waals surface area contributed by atoms with Gasteiger partial charge in [-0.05, 0) is 73.3 Å². The van der Waals surface area contributed by atoms with E-state index < -0.39 is 29.3 Å². The van der Waals surface area contributed by atoms with Crippen LogP contribution >= 0.6 is 0 Å². The smallest absolute Gasteiger partial charge is 0.416 e. The number of nitrogens with zero attached hydrogens (tertiary/aromatic N) is 2. The second-order valence-corrected chi connectivity index (χ2v) is 11.8. The van der Waals surface area contributed by atoms with Gasteiger partial charge in [-0.3, -0.25) is 14.6 Å². The van der Waals surface area contributed by atoms with Gasteiger partial charge in [-0.25, -0.2) is 4.79 Å². The van der Waals surface area contributed by atoms with E-state index in [1.165, 1.54) is 12.1 Å². The predicted octanol–water partition coefficient (Wildman–Crippen LogP) is 6.14. The van der Waals surface area contributed by atoms with Crippen molar-refractivity contribution >= 4 is 23.6 Å². The summed E-state index contributed by atoms with van der Waals surface area (Å²) in [4.78, 5) is 43.1. The van der Waals surface area contributed by atoms with Crippen molar-refractivity contribution in [1.29, 1.82) is 0 Å². The molecular formula is C31H35F3N2O5. The number of aliphatic carboxylic acids is 1. The van der Waals surface area contributed by atoms with Gasteiger partial charge in [0.1, 0.15) is 18.0 Å². The molecule has 0 radical (unpaired) electrons. The Morgan fingerprint density at radius 1 is 1.07 bits per heavy atom. The fourth-order valence-electron chi connectivity index (χ4n) is 5.66. The molecule has 1 aliphatic carbocycles. The summed E-state index contributed by atoms with van der Waals surface area (Å²) in [6.45, 7) is 6.66. The number of hydrogen-bond donors (Lipinski definition) is 1. The van der Waals surface area contributed by atoms with E-state index in [-0.39, 0.29) is 41.2 Å². The van der Waals surface area contributed by atoms with Crippen molar-refractivity contribution in [2.24, 2.45) is 16.3 Å². The molecule has 0 aromatic heterocycles. The van der Waals surface area contributed by atoms with Crippen molar-refractivity contribution in [2.45, 2.75) is 71.1 Å². The molecule has 1 saturated carbocycles. The van der Waals surface area contributed by atoms with Crippen LogP contribution in [-0.4, -0.2) is 52.4 Å². The van der Waals surface area contributed by atoms with Crippen molar-refractivity contribution in [1.82, 2.24) is 4.90 Å². The molecule has 0 atom stereocenters. The Bertz CT molecular complexity index is 1320. The lowest BCUT2D eigenvalue weighted by Gasteiger charge is -2.45. The Labute approximate surface area is 237 Å². The van der Waals surface area contributed by atoms with Crippen molar-refractivity contribution in [3.8, 4) is 0 Å². The number of carboxylic acids is 1. The third-order valence-electron chi connectivity index (χ3n) is 8.11. The maximum absolute atomic E-state index is 13.7. The minimum absolute atomic E-state index is 0.0600. The molecule has 41 heavy (non-hydrogen) atoms. The molecule has 1 heterocycles. The Balaban J connectivity index is 1.53. The number of rotatable bonds is 8. The molecule has 1 fully saturated rings. The van der Waals surface area contributed by atoms with Crippen LogP contribution in [0.15, 0.2) is 53.5 Å². The van der Waals surface area contributed by atoms with Crippen molar-refractivity contribution in [3.05, 3.63) is 70.8 Å². The Kier molecular flexibility index (Phi) is 8.61. The summed E-state index contributed by atoms with van der Waals surface area (Å²) >= 11 is 0. The van der Waals surface area contributed by atoms with Gasteiger partial charge in [-0.2, -0.15) is 13.2 Å². The maximum atomic E-state index is 13.7. The number of benzene rings is 2. The van der Waals surface area contributed by atoms with Crippen LogP contribution < -0.4 is 0 Å². The molecule has 1 N–H and O–H groups in total. The number of aliphatic imine (C=N–C) groups is 1. The normalized spacial score (nSPS) is 21.2. The first-order chi connectivity index (χ1) is 19.2. The highest BCUT2D eigenvalue weighted by atomic mass is 19.4. The zero-order valence-corrected chi connectivity index (χ0v) is 23.5. The molecule has 10 heteroatoms. The van der Waals surface area contributed by atoms with Gasteiger partial charge in [0.2, 0.25) is 0 Å². The summed E-state index contributed by atoms with van der Waals surface area (Å²) in [6.07, 6.45) is -1.40. The van der Waals surface area contributed by atoms with Crippen molar-refractivity contribution < 1.29 is 37.4 Å². The standard InChI is InChI=1S/C31H35F3N2O5/c1-29(2,3)23-11-15-30(16-12-23)35-26(22-5-4-6-24(19-22)31(32,33)34)27(39)36(30)17-13-20-7-9-21(10-8-20)28(40)41-18-14-25(37)38/h4-10,19,23H,11-18H2,1-3H3,(H,37,38). The zero-order chi connectivity index (χ0) is 30.0. The van der Waals surface area contributed by atoms with E-state index >= 15 is 0 Å². The summed E-state index contributed by atoms with van der Waals surface area (Å²) in [5, 5.41) is 8.69. The van der Waals surface area contributed by atoms with Gasteiger partial charge in [-0.15, -0.1) is 0 Å². The summed E-state index contributed by atoms with van der Waals surface area (Å²) in [7, 11) is 0. The van der Waals surface area contributed by atoms with Crippen molar-refractivity contribution in [2.75, 3.05) is 13.2 Å². The average Bonchev–Trinajstić information content (AvgIpc) is 3.17. The highest BCUT2D eigenvalue weighted by Crippen LogP contribution is 2.46. The molecule has 4 rings (SSSR count). The van der Waals surface area contributed by atoms with Gasteiger partial charge in [0, 0.05) is 12.1 Å². The van der Waals surface area contributed by atoms with Crippen LogP contribution in [0.25, 0.3) is 0 Å². The van der Waals surface area contributed by atoms with Gasteiger partial charge >= 0.3 is 18.1 Å². The number of carbonyl (C=O) groups excluding carboxylic acids is 2. The maximum Gasteiger partial charge on any atom is 0.416 e. The summed E-state index contributed by atoms with van der Waals surface area (Å²) in [5.41, 5.74) is -0.180. The number of amides is 1. The monoisotopic (exact) mass is 572 g/mol. The van der Waals surface area contributed by atoms with E-state index in [2.05, 4.69) is 20.8 Å². The van der Waals surface area contributed by atoms with Crippen LogP contribution in [0, 0.1) is 11.3 Å². The number of hydrogen-bond acceptors (Lipinski definition) is 5. The first-order valence-electron chi connectivity index (χ1n) is 13.8. The van der Waals surface area contributed by atoms with Gasteiger partial charge < -0.3 is 14.7 Å². The molecule has 0 bridgehead atoms. The van der Waals surface area contributed by atoms with E-state index in [9.17, 15) is 27.6 Å². The fourth-order valence-corrected chi connectivity index (χ4v) is 5.66. The van der Waals surface area contributed by atoms with Crippen LogP contribution in [0.3, 0.4) is 0 Å². The number of carboxylic acid groups (broad SMARTS) is 1. The number of ether oxygens (including phenoxy) is 1. The third-order valence-corrected chi connectivity index (χ3v) is 8.11. The predicted molar refractivity (Wildman–Crippen MR) is 147 cm³/mol. The van der Waals surface area contributed by atoms with Crippen LogP contribution in [0.1, 0.15) is 79.9 Å². The number of alkyl halides is 3. The Morgan fingerprint density at radius 2 is 1.73 bits per heavy atom. The molecule has 0 saturated heterocycles. The van der Waals surface area contributed by atoms with Gasteiger partial charge in [0.15, 0.2) is 0 Å². The lowest BCUT2D eigenvalue weighted by molar-refractivity contribution is -0.138. The van der Waals surface area contributed by atoms with E-state index in [4.69, 9.17) is 14.8 Å². The number of carbonyl (C=O) groups is 3. The van der Waals surface area contributed by atoms with E-state index in [0.29, 0.717) is 31.7 Å². The molecule has 1 spiro atoms. The molecule has 2 aromatic carbocycles. The van der Waals surface area contributed by atoms with E-state index in [1.807, 2.05) is 0 Å². The van der Waals surface area contributed by atoms with Gasteiger partial charge in [-0.1, -0.05) is 45.0 Å². The first kappa shape index (κ1) is 30.3. The molecule has 2 aromatic rings. The fraction of sp³-hybridized carbons (Fsp3) is 0.484. The van der Waals surface area contributed by atoms with Crippen LogP contribution in [0.4, 0.5) is 13.2 Å². The molecule has 1 amide bonds. The third kappa shape index (κ3) is 6.97. The highest BCUT2D eigenvalue weighted by Gasteiger charge is 2.50. The number of esters is 1. The molecule has 0 unspecified atom stereocenters. The molecule has 7 nitrogen and oxygen atoms in total. The minimum Gasteiger partial charge on any atom is -0.481 e. The Hall–Kier alpha value is -3.69. The Morgan fingerprint density at radius 3 is 2.32 bits per heavy atom. The largest absolute Gasteiger partial charge is 0.481 e. The van der Waals surface area contributed by atoms with Gasteiger partial charge in [0.25, 0.3) is 5.91 Å². The first-order valence-corrected chi connectivity index (χ1v) is 13.8. The summed E-state index contributed by atoms with van der Waals surface area (Å²) < 4.78 is 45.2. The lowest BCUT2D eigenvalue weighted by Crippen LogP contribution is -2.50. The van der Waals surface area contributed by atoms with Gasteiger partial charge in [0.05, 0.1) is 17.5 Å². The summed E-state index contributed by atoms with van der Waals surface area (Å²) in [6, 6.07) is 11.4. The second kappa shape index (κ2) is 11.7. The summed E-state index contributed by atoms with van der Waals surface area (Å²) in [5.74, 6) is -1.62. The van der Waals surface area contributed by atoms with E-state index in [0.717, 1.165) is 30.5 Å². The van der Waals surface area contributed by atoms with Crippen molar-refractivity contribution in [3.63, 3.8) is 0 Å². The second-order valence-electron chi connectivity index (χ2n) is 11.8. The highest BCUT2D eigenvalue weighted by molar-refractivity contribution is 6.46. The average molecular weight is 573 g/mol.